The molecule has 2 N–H and O–H groups in total. The van der Waals surface area contributed by atoms with E-state index in [1.54, 1.807) is 17.1 Å². The van der Waals surface area contributed by atoms with Gasteiger partial charge in [-0.15, -0.1) is 0 Å². The maximum atomic E-state index is 11.4. The van der Waals surface area contributed by atoms with Crippen LogP contribution in [0, 0.1) is 0 Å². The Morgan fingerprint density at radius 1 is 1.60 bits per heavy atom. The Hall–Kier alpha value is -1.62. The number of carbonyl (C=O) groups excluding carboxylic acids is 1. The summed E-state index contributed by atoms with van der Waals surface area (Å²) >= 11 is 0. The molecular weight excluding hydrogens is 192 g/mol. The molecule has 5 nitrogen and oxygen atoms in total. The van der Waals surface area contributed by atoms with Gasteiger partial charge in [0.2, 0.25) is 5.91 Å². The van der Waals surface area contributed by atoms with Crippen LogP contribution in [0.2, 0.25) is 0 Å². The highest BCUT2D eigenvalue weighted by molar-refractivity contribution is 5.77. The van der Waals surface area contributed by atoms with E-state index < -0.39 is 0 Å². The molecule has 1 aliphatic heterocycles. The molecule has 1 fully saturated rings. The molecule has 1 unspecified atom stereocenters. The van der Waals surface area contributed by atoms with Crippen LogP contribution in [0.3, 0.4) is 0 Å². The van der Waals surface area contributed by atoms with Crippen LogP contribution in [-0.2, 0) is 4.79 Å². The molecule has 0 bridgehead atoms. The summed E-state index contributed by atoms with van der Waals surface area (Å²) in [7, 11) is 0. The van der Waals surface area contributed by atoms with E-state index >= 15 is 0 Å². The van der Waals surface area contributed by atoms with E-state index in [0.29, 0.717) is 13.0 Å². The monoisotopic (exact) mass is 206 g/mol. The molecule has 5 heteroatoms. The predicted octanol–water partition coefficient (Wildman–Crippen LogP) is 0.134. The number of hydrogen-bond acceptors (Lipinski definition) is 3. The minimum absolute atomic E-state index is 0.0213. The first-order valence-electron chi connectivity index (χ1n) is 4.97. The van der Waals surface area contributed by atoms with Gasteiger partial charge in [0.1, 0.15) is 0 Å². The Balaban J connectivity index is 2.21. The van der Waals surface area contributed by atoms with Crippen LogP contribution in [0.4, 0.5) is 0 Å². The van der Waals surface area contributed by atoms with E-state index in [9.17, 15) is 4.79 Å². The highest BCUT2D eigenvalue weighted by Crippen LogP contribution is 2.17. The van der Waals surface area contributed by atoms with Crippen molar-refractivity contribution in [3.05, 3.63) is 24.5 Å². The lowest BCUT2D eigenvalue weighted by molar-refractivity contribution is -0.121. The third-order valence-electron chi connectivity index (χ3n) is 2.46. The molecule has 1 atom stereocenters. The summed E-state index contributed by atoms with van der Waals surface area (Å²) in [6, 6.07) is 1.92. The van der Waals surface area contributed by atoms with Crippen LogP contribution in [0.1, 0.15) is 18.2 Å². The fourth-order valence-corrected chi connectivity index (χ4v) is 1.74. The fraction of sp³-hybridized carbons (Fsp3) is 0.400. The molecule has 2 rings (SSSR count). The lowest BCUT2D eigenvalue weighted by Gasteiger charge is -2.14. The molecular formula is C10H14N4O. The number of rotatable bonds is 2. The first kappa shape index (κ1) is 9.92. The molecule has 0 aromatic carbocycles. The second-order valence-electron chi connectivity index (χ2n) is 3.44. The summed E-state index contributed by atoms with van der Waals surface area (Å²) in [6.07, 6.45) is 3.79. The van der Waals surface area contributed by atoms with Crippen LogP contribution in [-0.4, -0.2) is 28.8 Å². The predicted molar refractivity (Wildman–Crippen MR) is 57.0 cm³/mol. The van der Waals surface area contributed by atoms with Crippen molar-refractivity contribution in [3.8, 4) is 0 Å². The minimum Gasteiger partial charge on any atom is -0.355 e. The average molecular weight is 206 g/mol. The molecule has 0 saturated carbocycles. The van der Waals surface area contributed by atoms with Crippen molar-refractivity contribution in [1.29, 1.82) is 0 Å². The van der Waals surface area contributed by atoms with Crippen molar-refractivity contribution >= 4 is 12.1 Å². The normalized spacial score (nSPS) is 21.9. The van der Waals surface area contributed by atoms with Crippen molar-refractivity contribution < 1.29 is 4.79 Å². The number of amides is 1. The summed E-state index contributed by atoms with van der Waals surface area (Å²) in [4.78, 5) is 11.4. The van der Waals surface area contributed by atoms with Crippen molar-refractivity contribution in [2.75, 3.05) is 13.1 Å². The first-order valence-corrected chi connectivity index (χ1v) is 4.97. The Kier molecular flexibility index (Phi) is 2.82. The van der Waals surface area contributed by atoms with Crippen LogP contribution < -0.4 is 10.6 Å². The van der Waals surface area contributed by atoms with Gasteiger partial charge >= 0.3 is 0 Å². The number of nitrogens with one attached hydrogen (secondary N) is 2. The van der Waals surface area contributed by atoms with Gasteiger partial charge in [-0.3, -0.25) is 4.79 Å². The molecule has 1 aliphatic rings. The highest BCUT2D eigenvalue weighted by Gasteiger charge is 2.20. The standard InChI is InChI=1S/C10H14N4O/c1-2-14-9(3-4-13-14)8-7-10(15)12-6-5-11-8/h2-4,8,11H,1,5-7H2,(H,12,15). The number of hydrogen-bond donors (Lipinski definition) is 2. The molecule has 1 aromatic rings. The second kappa shape index (κ2) is 4.27. The van der Waals surface area contributed by atoms with Gasteiger partial charge in [0, 0.05) is 31.9 Å². The molecule has 1 saturated heterocycles. The van der Waals surface area contributed by atoms with Gasteiger partial charge < -0.3 is 10.6 Å². The Labute approximate surface area is 88.2 Å². The molecule has 2 heterocycles. The van der Waals surface area contributed by atoms with Gasteiger partial charge in [-0.25, -0.2) is 4.68 Å². The molecule has 1 amide bonds. The second-order valence-corrected chi connectivity index (χ2v) is 3.44. The summed E-state index contributed by atoms with van der Waals surface area (Å²) in [5, 5.41) is 10.2. The largest absolute Gasteiger partial charge is 0.355 e. The Morgan fingerprint density at radius 3 is 3.27 bits per heavy atom. The molecule has 15 heavy (non-hydrogen) atoms. The van der Waals surface area contributed by atoms with Crippen LogP contribution in [0.15, 0.2) is 18.8 Å². The average Bonchev–Trinajstić information content (AvgIpc) is 2.61. The summed E-state index contributed by atoms with van der Waals surface area (Å²) in [5.74, 6) is 0.0711. The van der Waals surface area contributed by atoms with Gasteiger partial charge in [0.25, 0.3) is 0 Å². The Bertz CT molecular complexity index is 371. The first-order chi connectivity index (χ1) is 7.31. The van der Waals surface area contributed by atoms with E-state index in [2.05, 4.69) is 22.3 Å². The number of nitrogens with zero attached hydrogens (tertiary/aromatic N) is 2. The quantitative estimate of drug-likeness (QED) is 0.723. The van der Waals surface area contributed by atoms with Crippen LogP contribution in [0.25, 0.3) is 6.20 Å². The zero-order valence-corrected chi connectivity index (χ0v) is 8.44. The zero-order chi connectivity index (χ0) is 10.7. The van der Waals surface area contributed by atoms with E-state index in [-0.39, 0.29) is 11.9 Å². The van der Waals surface area contributed by atoms with Crippen LogP contribution >= 0.6 is 0 Å². The Morgan fingerprint density at radius 2 is 2.47 bits per heavy atom. The lowest BCUT2D eigenvalue weighted by atomic mass is 10.1. The van der Waals surface area contributed by atoms with E-state index in [1.807, 2.05) is 6.07 Å². The summed E-state index contributed by atoms with van der Waals surface area (Å²) < 4.78 is 1.69. The van der Waals surface area contributed by atoms with Gasteiger partial charge in [-0.05, 0) is 6.07 Å². The van der Waals surface area contributed by atoms with E-state index in [1.165, 1.54) is 0 Å². The molecule has 0 radical (unpaired) electrons. The maximum absolute atomic E-state index is 11.4. The van der Waals surface area contributed by atoms with Gasteiger partial charge in [-0.2, -0.15) is 5.10 Å². The van der Waals surface area contributed by atoms with Crippen molar-refractivity contribution in [3.63, 3.8) is 0 Å². The highest BCUT2D eigenvalue weighted by atomic mass is 16.1. The number of carbonyl (C=O) groups is 1. The maximum Gasteiger partial charge on any atom is 0.222 e. The third-order valence-corrected chi connectivity index (χ3v) is 2.46. The SMILES string of the molecule is C=Cn1nccc1C1CC(=O)NCCN1. The van der Waals surface area contributed by atoms with Gasteiger partial charge in [-0.1, -0.05) is 6.58 Å². The van der Waals surface area contributed by atoms with E-state index in [0.717, 1.165) is 12.2 Å². The number of aromatic nitrogens is 2. The minimum atomic E-state index is 0.0213. The smallest absolute Gasteiger partial charge is 0.222 e. The molecule has 0 aliphatic carbocycles. The molecule has 80 valence electrons. The molecule has 1 aromatic heterocycles. The van der Waals surface area contributed by atoms with Gasteiger partial charge in [0.15, 0.2) is 0 Å². The lowest BCUT2D eigenvalue weighted by Crippen LogP contribution is -2.25. The zero-order valence-electron chi connectivity index (χ0n) is 8.44. The van der Waals surface area contributed by atoms with Gasteiger partial charge in [0.05, 0.1) is 11.7 Å². The third kappa shape index (κ3) is 2.07. The van der Waals surface area contributed by atoms with Crippen molar-refractivity contribution in [1.82, 2.24) is 20.4 Å². The fourth-order valence-electron chi connectivity index (χ4n) is 1.74. The topological polar surface area (TPSA) is 59.0 Å². The van der Waals surface area contributed by atoms with Crippen molar-refractivity contribution in [2.24, 2.45) is 0 Å². The summed E-state index contributed by atoms with van der Waals surface area (Å²) in [5.41, 5.74) is 0.974. The van der Waals surface area contributed by atoms with Crippen molar-refractivity contribution in [2.45, 2.75) is 12.5 Å². The van der Waals surface area contributed by atoms with E-state index in [4.69, 9.17) is 0 Å². The van der Waals surface area contributed by atoms with Crippen LogP contribution in [0.5, 0.6) is 0 Å². The summed E-state index contributed by atoms with van der Waals surface area (Å²) in [6.45, 7) is 5.13. The molecule has 0 spiro atoms.